The van der Waals surface area contributed by atoms with E-state index < -0.39 is 17.4 Å². The number of hydrogen-bond acceptors (Lipinski definition) is 3. The van der Waals surface area contributed by atoms with Crippen molar-refractivity contribution in [3.63, 3.8) is 0 Å². The van der Waals surface area contributed by atoms with Crippen LogP contribution in [0.25, 0.3) is 0 Å². The summed E-state index contributed by atoms with van der Waals surface area (Å²) in [5.41, 5.74) is 1.28. The van der Waals surface area contributed by atoms with Crippen molar-refractivity contribution in [2.75, 3.05) is 6.54 Å². The van der Waals surface area contributed by atoms with Gasteiger partial charge >= 0.3 is 6.03 Å². The summed E-state index contributed by atoms with van der Waals surface area (Å²) in [5.74, 6) is -0.766. The lowest BCUT2D eigenvalue weighted by Gasteiger charge is -2.30. The Kier molecular flexibility index (Phi) is 2.85. The molecule has 0 unspecified atom stereocenters. The summed E-state index contributed by atoms with van der Waals surface area (Å²) in [5, 5.41) is 2.29. The third kappa shape index (κ3) is 1.99. The van der Waals surface area contributed by atoms with Gasteiger partial charge in [0.25, 0.3) is 0 Å². The first-order valence-corrected chi connectivity index (χ1v) is 6.76. The summed E-state index contributed by atoms with van der Waals surface area (Å²) in [6.07, 6.45) is 1.70. The number of hydrogen-bond donors (Lipinski definition) is 1. The van der Waals surface area contributed by atoms with Crippen molar-refractivity contribution in [2.24, 2.45) is 5.41 Å². The van der Waals surface area contributed by atoms with Gasteiger partial charge in [0.1, 0.15) is 5.41 Å². The number of amides is 4. The molecule has 0 atom stereocenters. The van der Waals surface area contributed by atoms with Crippen LogP contribution in [0.4, 0.5) is 4.79 Å². The number of nitrogens with one attached hydrogen (secondary N) is 1. The standard InChI is InChI=1S/C15H16N2O3/c1-10-3-2-4-11(9-10)5-8-17-13(19)15(6-7-15)12(18)16-14(17)20/h2-4,9H,5-8H2,1H3,(H,16,18,20). The molecule has 1 heterocycles. The number of nitrogens with zero attached hydrogens (tertiary/aromatic N) is 1. The summed E-state index contributed by atoms with van der Waals surface area (Å²) in [6.45, 7) is 2.31. The highest BCUT2D eigenvalue weighted by molar-refractivity contribution is 6.20. The van der Waals surface area contributed by atoms with E-state index in [0.29, 0.717) is 25.8 Å². The van der Waals surface area contributed by atoms with Gasteiger partial charge in [-0.1, -0.05) is 29.8 Å². The number of benzene rings is 1. The monoisotopic (exact) mass is 272 g/mol. The molecule has 5 heteroatoms. The summed E-state index contributed by atoms with van der Waals surface area (Å²) >= 11 is 0. The Bertz CT molecular complexity index is 605. The van der Waals surface area contributed by atoms with E-state index in [-0.39, 0.29) is 5.91 Å². The molecule has 1 saturated heterocycles. The van der Waals surface area contributed by atoms with Crippen LogP contribution < -0.4 is 5.32 Å². The summed E-state index contributed by atoms with van der Waals surface area (Å²) < 4.78 is 0. The maximum absolute atomic E-state index is 12.3. The average Bonchev–Trinajstić information content (AvgIpc) is 3.18. The molecule has 1 aliphatic carbocycles. The molecule has 2 fully saturated rings. The molecular formula is C15H16N2O3. The molecule has 20 heavy (non-hydrogen) atoms. The highest BCUT2D eigenvalue weighted by Gasteiger charge is 2.61. The molecule has 1 saturated carbocycles. The number of carbonyl (C=O) groups excluding carboxylic acids is 3. The number of urea groups is 1. The van der Waals surface area contributed by atoms with Gasteiger partial charge in [0.15, 0.2) is 0 Å². The fourth-order valence-electron chi connectivity index (χ4n) is 2.61. The van der Waals surface area contributed by atoms with Gasteiger partial charge in [-0.3, -0.25) is 19.8 Å². The van der Waals surface area contributed by atoms with E-state index >= 15 is 0 Å². The molecule has 0 bridgehead atoms. The van der Waals surface area contributed by atoms with Gasteiger partial charge in [0.05, 0.1) is 0 Å². The Morgan fingerprint density at radius 3 is 2.65 bits per heavy atom. The third-order valence-corrected chi connectivity index (χ3v) is 4.01. The maximum atomic E-state index is 12.3. The highest BCUT2D eigenvalue weighted by atomic mass is 16.2. The Balaban J connectivity index is 1.72. The lowest BCUT2D eigenvalue weighted by atomic mass is 10.0. The Hall–Kier alpha value is -2.17. The largest absolute Gasteiger partial charge is 0.330 e. The molecule has 104 valence electrons. The van der Waals surface area contributed by atoms with Crippen LogP contribution in [0, 0.1) is 12.3 Å². The fourth-order valence-corrected chi connectivity index (χ4v) is 2.61. The lowest BCUT2D eigenvalue weighted by Crippen LogP contribution is -2.59. The van der Waals surface area contributed by atoms with Crippen LogP contribution in [0.3, 0.4) is 0 Å². The molecule has 1 spiro atoms. The molecule has 1 aliphatic heterocycles. The highest BCUT2D eigenvalue weighted by Crippen LogP contribution is 2.48. The topological polar surface area (TPSA) is 66.5 Å². The molecule has 0 radical (unpaired) electrons. The maximum Gasteiger partial charge on any atom is 0.330 e. The average molecular weight is 272 g/mol. The lowest BCUT2D eigenvalue weighted by molar-refractivity contribution is -0.144. The van der Waals surface area contributed by atoms with Gasteiger partial charge in [-0.2, -0.15) is 0 Å². The van der Waals surface area contributed by atoms with Gasteiger partial charge < -0.3 is 0 Å². The van der Waals surface area contributed by atoms with Crippen molar-refractivity contribution in [1.29, 1.82) is 0 Å². The minimum atomic E-state index is -0.944. The number of imide groups is 2. The van der Waals surface area contributed by atoms with Gasteiger partial charge in [0, 0.05) is 6.54 Å². The predicted molar refractivity (Wildman–Crippen MR) is 71.8 cm³/mol. The van der Waals surface area contributed by atoms with E-state index in [9.17, 15) is 14.4 Å². The van der Waals surface area contributed by atoms with E-state index in [1.165, 1.54) is 4.90 Å². The van der Waals surface area contributed by atoms with Crippen molar-refractivity contribution in [3.05, 3.63) is 35.4 Å². The van der Waals surface area contributed by atoms with Gasteiger partial charge in [-0.05, 0) is 31.7 Å². The predicted octanol–water partition coefficient (Wildman–Crippen LogP) is 1.40. The van der Waals surface area contributed by atoms with Crippen LogP contribution >= 0.6 is 0 Å². The summed E-state index contributed by atoms with van der Waals surface area (Å²) in [7, 11) is 0. The molecule has 5 nitrogen and oxygen atoms in total. The van der Waals surface area contributed by atoms with Gasteiger partial charge in [-0.25, -0.2) is 4.79 Å². The van der Waals surface area contributed by atoms with E-state index in [1.807, 2.05) is 31.2 Å². The fraction of sp³-hybridized carbons (Fsp3) is 0.400. The Morgan fingerprint density at radius 1 is 1.25 bits per heavy atom. The molecule has 3 rings (SSSR count). The Labute approximate surface area is 116 Å². The zero-order valence-electron chi connectivity index (χ0n) is 11.3. The van der Waals surface area contributed by atoms with Crippen molar-refractivity contribution in [3.8, 4) is 0 Å². The minimum Gasteiger partial charge on any atom is -0.277 e. The van der Waals surface area contributed by atoms with Gasteiger partial charge in [0.2, 0.25) is 11.8 Å². The third-order valence-electron chi connectivity index (χ3n) is 4.01. The Morgan fingerprint density at radius 2 is 2.00 bits per heavy atom. The molecule has 1 N–H and O–H groups in total. The van der Waals surface area contributed by atoms with Gasteiger partial charge in [-0.15, -0.1) is 0 Å². The van der Waals surface area contributed by atoms with Crippen LogP contribution in [0.2, 0.25) is 0 Å². The quantitative estimate of drug-likeness (QED) is 0.846. The van der Waals surface area contributed by atoms with E-state index in [1.54, 1.807) is 0 Å². The van der Waals surface area contributed by atoms with Crippen LogP contribution in [0.15, 0.2) is 24.3 Å². The van der Waals surface area contributed by atoms with Crippen molar-refractivity contribution in [2.45, 2.75) is 26.2 Å². The normalized spacial score (nSPS) is 20.2. The number of aryl methyl sites for hydroxylation is 1. The SMILES string of the molecule is Cc1cccc(CCN2C(=O)NC(=O)C3(CC3)C2=O)c1. The minimum absolute atomic E-state index is 0.309. The first kappa shape index (κ1) is 12.8. The second-order valence-corrected chi connectivity index (χ2v) is 5.54. The zero-order chi connectivity index (χ0) is 14.3. The van der Waals surface area contributed by atoms with Crippen molar-refractivity contribution < 1.29 is 14.4 Å². The number of carbonyl (C=O) groups is 3. The van der Waals surface area contributed by atoms with Crippen LogP contribution in [-0.2, 0) is 16.0 Å². The smallest absolute Gasteiger partial charge is 0.277 e. The second kappa shape index (κ2) is 4.44. The molecule has 0 aromatic heterocycles. The number of rotatable bonds is 3. The first-order valence-electron chi connectivity index (χ1n) is 6.76. The van der Waals surface area contributed by atoms with Crippen LogP contribution in [0.5, 0.6) is 0 Å². The summed E-state index contributed by atoms with van der Waals surface area (Å²) in [6, 6.07) is 7.36. The van der Waals surface area contributed by atoms with E-state index in [0.717, 1.165) is 11.1 Å². The molecule has 4 amide bonds. The molecular weight excluding hydrogens is 256 g/mol. The van der Waals surface area contributed by atoms with Crippen molar-refractivity contribution in [1.82, 2.24) is 10.2 Å². The zero-order valence-corrected chi connectivity index (χ0v) is 11.3. The van der Waals surface area contributed by atoms with Crippen LogP contribution in [-0.4, -0.2) is 29.3 Å². The molecule has 1 aromatic rings. The van der Waals surface area contributed by atoms with E-state index in [2.05, 4.69) is 5.32 Å². The molecule has 2 aliphatic rings. The number of barbiturate groups is 1. The van der Waals surface area contributed by atoms with E-state index in [4.69, 9.17) is 0 Å². The van der Waals surface area contributed by atoms with Crippen LogP contribution in [0.1, 0.15) is 24.0 Å². The van der Waals surface area contributed by atoms with Crippen molar-refractivity contribution >= 4 is 17.8 Å². The molecule has 1 aromatic carbocycles. The summed E-state index contributed by atoms with van der Waals surface area (Å²) in [4.78, 5) is 36.9. The second-order valence-electron chi connectivity index (χ2n) is 5.54. The first-order chi connectivity index (χ1) is 9.53.